The van der Waals surface area contributed by atoms with E-state index < -0.39 is 0 Å². The van der Waals surface area contributed by atoms with Gasteiger partial charge in [0.1, 0.15) is 23.9 Å². The molecule has 0 spiro atoms. The number of rotatable bonds is 12. The van der Waals surface area contributed by atoms with E-state index >= 15 is 0 Å². The number of carbonyl (C=O) groups is 2. The van der Waals surface area contributed by atoms with Crippen LogP contribution in [0.15, 0.2) is 78.0 Å². The fraction of sp³-hybridized carbons (Fsp3) is 0.395. The van der Waals surface area contributed by atoms with Gasteiger partial charge in [0.25, 0.3) is 5.56 Å². The largest absolute Gasteiger partial charge is 0.489 e. The molecule has 1 saturated heterocycles. The summed E-state index contributed by atoms with van der Waals surface area (Å²) in [5.74, 6) is 1.38. The minimum absolute atomic E-state index is 0.0387. The zero-order valence-corrected chi connectivity index (χ0v) is 30.0. The number of Topliss-reactive ketones (excluding diaryl/α,β-unsaturated/α-hetero) is 2. The highest BCUT2D eigenvalue weighted by molar-refractivity contribution is 6.30. The maximum absolute atomic E-state index is 14.1. The number of ketones is 2. The van der Waals surface area contributed by atoms with Gasteiger partial charge in [-0.2, -0.15) is 15.0 Å². The van der Waals surface area contributed by atoms with Crippen molar-refractivity contribution >= 4 is 34.2 Å². The van der Waals surface area contributed by atoms with Gasteiger partial charge in [-0.25, -0.2) is 9.97 Å². The second-order valence-electron chi connectivity index (χ2n) is 13.0. The summed E-state index contributed by atoms with van der Waals surface area (Å²) in [6.07, 6.45) is 6.79. The summed E-state index contributed by atoms with van der Waals surface area (Å²) < 4.78 is 7.67. The predicted molar refractivity (Wildman–Crippen MR) is 194 cm³/mol. The third-order valence-electron chi connectivity index (χ3n) is 8.75. The molecule has 2 atom stereocenters. The summed E-state index contributed by atoms with van der Waals surface area (Å²) in [5.41, 5.74) is 2.14. The van der Waals surface area contributed by atoms with Crippen molar-refractivity contribution in [1.29, 1.82) is 0 Å². The van der Waals surface area contributed by atoms with Gasteiger partial charge in [0, 0.05) is 35.7 Å². The van der Waals surface area contributed by atoms with E-state index in [0.717, 1.165) is 31.0 Å². The molecule has 3 aromatic heterocycles. The van der Waals surface area contributed by atoms with Crippen LogP contribution in [0, 0.1) is 18.8 Å². The molecule has 2 unspecified atom stereocenters. The zero-order valence-electron chi connectivity index (χ0n) is 29.3. The molecule has 0 aliphatic carbocycles. The Labute approximate surface area is 297 Å². The molecule has 0 amide bonds. The first kappa shape index (κ1) is 36.5. The molecule has 0 bridgehead atoms. The Kier molecular flexibility index (Phi) is 12.3. The second-order valence-corrected chi connectivity index (χ2v) is 13.5. The van der Waals surface area contributed by atoms with Crippen molar-refractivity contribution in [2.75, 3.05) is 13.1 Å². The van der Waals surface area contributed by atoms with E-state index in [0.29, 0.717) is 52.6 Å². The molecule has 0 radical (unpaired) electrons. The van der Waals surface area contributed by atoms with Gasteiger partial charge in [-0.05, 0) is 88.5 Å². The highest BCUT2D eigenvalue weighted by atomic mass is 35.5. The zero-order chi connectivity index (χ0) is 35.8. The van der Waals surface area contributed by atoms with Crippen molar-refractivity contribution in [3.8, 4) is 11.4 Å². The number of nitrogens with zero attached hydrogens (tertiary/aromatic N) is 7. The summed E-state index contributed by atoms with van der Waals surface area (Å²) >= 11 is 5.61. The predicted octanol–water partition coefficient (Wildman–Crippen LogP) is 6.52. The fourth-order valence-electron chi connectivity index (χ4n) is 5.85. The van der Waals surface area contributed by atoms with Gasteiger partial charge < -0.3 is 4.74 Å². The van der Waals surface area contributed by atoms with Crippen LogP contribution in [0.4, 0.5) is 0 Å². The molecule has 12 heteroatoms. The number of fused-ring (bicyclic) bond motifs is 1. The average molecular weight is 698 g/mol. The third kappa shape index (κ3) is 9.28. The number of aryl methyl sites for hydroxylation is 1. The molecular formula is C38H44ClN7O4. The molecule has 6 rings (SSSR count). The van der Waals surface area contributed by atoms with Gasteiger partial charge in [0.2, 0.25) is 0 Å². The maximum atomic E-state index is 14.1. The molecule has 4 heterocycles. The van der Waals surface area contributed by atoms with Gasteiger partial charge in [-0.1, -0.05) is 43.1 Å². The number of benzene rings is 2. The van der Waals surface area contributed by atoms with Crippen LogP contribution in [-0.4, -0.2) is 65.2 Å². The van der Waals surface area contributed by atoms with Crippen LogP contribution in [0.3, 0.4) is 0 Å². The number of hydrogen-bond acceptors (Lipinski definition) is 9. The van der Waals surface area contributed by atoms with Crippen LogP contribution in [-0.2, 0) is 17.9 Å². The number of likely N-dealkylation sites (tertiary alicyclic amines) is 1. The summed E-state index contributed by atoms with van der Waals surface area (Å²) in [7, 11) is 0. The Bertz CT molecular complexity index is 1960. The van der Waals surface area contributed by atoms with Crippen LogP contribution in [0.1, 0.15) is 68.7 Å². The molecule has 2 aromatic carbocycles. The lowest BCUT2D eigenvalue weighted by molar-refractivity contribution is -0.123. The highest BCUT2D eigenvalue weighted by Gasteiger charge is 2.28. The Balaban J connectivity index is 0.000000535. The second kappa shape index (κ2) is 16.8. The van der Waals surface area contributed by atoms with Crippen molar-refractivity contribution in [2.45, 2.75) is 73.1 Å². The molecule has 262 valence electrons. The number of aromatic nitrogens is 6. The number of ether oxygens (including phenoxy) is 1. The van der Waals surface area contributed by atoms with Crippen molar-refractivity contribution in [3.63, 3.8) is 0 Å². The highest BCUT2D eigenvalue weighted by Crippen LogP contribution is 2.29. The van der Waals surface area contributed by atoms with Crippen LogP contribution >= 0.6 is 11.6 Å². The van der Waals surface area contributed by atoms with E-state index in [1.165, 1.54) is 22.8 Å². The molecule has 5 aromatic rings. The first-order valence-corrected chi connectivity index (χ1v) is 17.4. The smallest absolute Gasteiger partial charge is 0.267 e. The molecule has 1 fully saturated rings. The van der Waals surface area contributed by atoms with Crippen molar-refractivity contribution in [2.24, 2.45) is 11.8 Å². The SMILES string of the molecule is CCC(C)C(=O)CC1CCN(Cc2nc3ncccc3c(=O)n2-c2cc(C(=O)Cn3nccn3)ccc2OC(C)C)C1.Cc1ccc(Cl)cc1. The van der Waals surface area contributed by atoms with E-state index in [1.807, 2.05) is 58.9 Å². The quantitative estimate of drug-likeness (QED) is 0.134. The Morgan fingerprint density at radius 1 is 1.02 bits per heavy atom. The van der Waals surface area contributed by atoms with Crippen molar-refractivity contribution < 1.29 is 14.3 Å². The van der Waals surface area contributed by atoms with Gasteiger partial charge in [-0.3, -0.25) is 23.9 Å². The minimum atomic E-state index is -0.294. The lowest BCUT2D eigenvalue weighted by Crippen LogP contribution is -2.30. The molecule has 0 saturated carbocycles. The first-order valence-electron chi connectivity index (χ1n) is 17.0. The van der Waals surface area contributed by atoms with E-state index in [4.69, 9.17) is 21.3 Å². The number of halogens is 1. The van der Waals surface area contributed by atoms with Crippen molar-refractivity contribution in [3.05, 3.63) is 106 Å². The van der Waals surface area contributed by atoms with Gasteiger partial charge in [0.05, 0.1) is 36.1 Å². The molecule has 11 nitrogen and oxygen atoms in total. The lowest BCUT2D eigenvalue weighted by Gasteiger charge is -2.22. The summed E-state index contributed by atoms with van der Waals surface area (Å²) in [4.78, 5) is 52.6. The van der Waals surface area contributed by atoms with Crippen molar-refractivity contribution in [1.82, 2.24) is 34.4 Å². The Morgan fingerprint density at radius 3 is 2.44 bits per heavy atom. The van der Waals surface area contributed by atoms with Gasteiger partial charge in [0.15, 0.2) is 11.4 Å². The molecule has 0 N–H and O–H groups in total. The molecule has 50 heavy (non-hydrogen) atoms. The summed E-state index contributed by atoms with van der Waals surface area (Å²) in [6.45, 7) is 11.7. The standard InChI is InChI=1S/C31H37N7O4.C7H7Cl/c1-5-21(4)26(39)15-22-10-14-36(17-22)19-29-35-30-24(7-6-11-32-30)31(41)38(29)25-16-23(8-9-28(25)42-20(2)3)27(40)18-37-33-12-13-34-37;1-6-2-4-7(8)5-3-6/h6-9,11-13,16,20-22H,5,10,14-15,17-19H2,1-4H3;2-5H,1H3. The number of pyridine rings is 1. The first-order chi connectivity index (χ1) is 24.0. The lowest BCUT2D eigenvalue weighted by atomic mass is 9.93. The van der Waals surface area contributed by atoms with E-state index in [1.54, 1.807) is 41.1 Å². The monoisotopic (exact) mass is 697 g/mol. The Hall–Kier alpha value is -4.74. The molecule has 1 aliphatic rings. The van der Waals surface area contributed by atoms with E-state index in [2.05, 4.69) is 20.1 Å². The molecular weight excluding hydrogens is 654 g/mol. The van der Waals surface area contributed by atoms with E-state index in [-0.39, 0.29) is 35.8 Å². The number of carbonyl (C=O) groups excluding carboxylic acids is 2. The van der Waals surface area contributed by atoms with Crippen LogP contribution in [0.2, 0.25) is 5.02 Å². The molecule has 1 aliphatic heterocycles. The third-order valence-corrected chi connectivity index (χ3v) is 9.00. The van der Waals surface area contributed by atoms with Crippen LogP contribution in [0.25, 0.3) is 16.7 Å². The van der Waals surface area contributed by atoms with E-state index in [9.17, 15) is 14.4 Å². The normalized spacial score (nSPS) is 15.1. The summed E-state index contributed by atoms with van der Waals surface area (Å²) in [5, 5.41) is 9.25. The summed E-state index contributed by atoms with van der Waals surface area (Å²) in [6, 6.07) is 16.2. The average Bonchev–Trinajstić information content (AvgIpc) is 3.78. The van der Waals surface area contributed by atoms with Crippen LogP contribution in [0.5, 0.6) is 5.75 Å². The Morgan fingerprint density at radius 2 is 1.76 bits per heavy atom. The minimum Gasteiger partial charge on any atom is -0.489 e. The van der Waals surface area contributed by atoms with Gasteiger partial charge >= 0.3 is 0 Å². The fourth-order valence-corrected chi connectivity index (χ4v) is 5.98. The number of hydrogen-bond donors (Lipinski definition) is 0. The van der Waals surface area contributed by atoms with Crippen LogP contribution < -0.4 is 10.3 Å². The topological polar surface area (TPSA) is 125 Å². The maximum Gasteiger partial charge on any atom is 0.267 e. The van der Waals surface area contributed by atoms with Gasteiger partial charge in [-0.15, -0.1) is 0 Å².